The standard InChI is InChI=1S/C10H13BN2O2/c1-2-12-10(15)7-4-3-5-8(7)13-9(14)6-11/h3,5H,2,4,6H2,1H3,(H,12,15)(H,13,14). The molecule has 2 N–H and O–H groups in total. The Labute approximate surface area is 90.2 Å². The van der Waals surface area contributed by atoms with Crippen LogP contribution in [0.4, 0.5) is 0 Å². The molecule has 0 aromatic carbocycles. The number of carbonyl (C=O) groups is 2. The van der Waals surface area contributed by atoms with Gasteiger partial charge in [-0.15, -0.1) is 0 Å². The normalized spacial score (nSPS) is 14.2. The summed E-state index contributed by atoms with van der Waals surface area (Å²) in [6.07, 6.45) is 4.01. The number of nitrogens with one attached hydrogen (secondary N) is 2. The van der Waals surface area contributed by atoms with E-state index < -0.39 is 0 Å². The third kappa shape index (κ3) is 2.97. The Hall–Kier alpha value is -1.52. The van der Waals surface area contributed by atoms with Crippen LogP contribution in [-0.4, -0.2) is 26.2 Å². The Morgan fingerprint density at radius 3 is 2.87 bits per heavy atom. The summed E-state index contributed by atoms with van der Waals surface area (Å²) in [4.78, 5) is 22.6. The van der Waals surface area contributed by atoms with Gasteiger partial charge in [-0.05, 0) is 25.7 Å². The molecule has 0 saturated heterocycles. The Morgan fingerprint density at radius 1 is 1.53 bits per heavy atom. The van der Waals surface area contributed by atoms with E-state index in [-0.39, 0.29) is 18.1 Å². The Bertz CT molecular complexity index is 334. The first-order chi connectivity index (χ1) is 7.19. The molecular weight excluding hydrogens is 191 g/mol. The molecular formula is C10H13BN2O2. The molecule has 0 unspecified atom stereocenters. The molecule has 0 aliphatic heterocycles. The average molecular weight is 204 g/mol. The zero-order chi connectivity index (χ0) is 11.3. The summed E-state index contributed by atoms with van der Waals surface area (Å²) in [5, 5.41) is 5.28. The highest BCUT2D eigenvalue weighted by atomic mass is 16.2. The van der Waals surface area contributed by atoms with Crippen molar-refractivity contribution in [3.63, 3.8) is 0 Å². The van der Waals surface area contributed by atoms with Crippen molar-refractivity contribution in [3.8, 4) is 0 Å². The predicted molar refractivity (Wildman–Crippen MR) is 58.2 cm³/mol. The van der Waals surface area contributed by atoms with Crippen molar-refractivity contribution in [3.05, 3.63) is 23.4 Å². The molecule has 2 amide bonds. The molecule has 15 heavy (non-hydrogen) atoms. The molecule has 0 saturated carbocycles. The molecule has 0 spiro atoms. The monoisotopic (exact) mass is 204 g/mol. The maximum Gasteiger partial charge on any atom is 0.249 e. The van der Waals surface area contributed by atoms with E-state index in [9.17, 15) is 9.59 Å². The highest BCUT2D eigenvalue weighted by molar-refractivity contribution is 6.20. The van der Waals surface area contributed by atoms with Crippen LogP contribution in [0.1, 0.15) is 13.3 Å². The lowest BCUT2D eigenvalue weighted by molar-refractivity contribution is -0.118. The van der Waals surface area contributed by atoms with Crippen LogP contribution >= 0.6 is 0 Å². The van der Waals surface area contributed by atoms with Gasteiger partial charge in [0.2, 0.25) is 11.8 Å². The van der Waals surface area contributed by atoms with Crippen LogP contribution in [0.3, 0.4) is 0 Å². The SMILES string of the molecule is [B]CC(=O)NC1=C(C(=O)NCC)CC=C1. The fourth-order valence-electron chi connectivity index (χ4n) is 1.31. The highest BCUT2D eigenvalue weighted by Crippen LogP contribution is 2.16. The Kier molecular flexibility index (Phi) is 4.15. The summed E-state index contributed by atoms with van der Waals surface area (Å²) in [6.45, 7) is 2.42. The molecule has 0 bridgehead atoms. The minimum Gasteiger partial charge on any atom is -0.353 e. The van der Waals surface area contributed by atoms with Gasteiger partial charge in [-0.1, -0.05) is 6.08 Å². The molecule has 0 aromatic heterocycles. The zero-order valence-corrected chi connectivity index (χ0v) is 8.67. The number of allylic oxidation sites excluding steroid dienone is 2. The van der Waals surface area contributed by atoms with E-state index in [1.165, 1.54) is 0 Å². The van der Waals surface area contributed by atoms with Crippen molar-refractivity contribution in [2.45, 2.75) is 19.7 Å². The van der Waals surface area contributed by atoms with Crippen LogP contribution < -0.4 is 10.6 Å². The van der Waals surface area contributed by atoms with Crippen LogP contribution in [0, 0.1) is 0 Å². The van der Waals surface area contributed by atoms with E-state index in [1.54, 1.807) is 6.08 Å². The van der Waals surface area contributed by atoms with E-state index in [0.717, 1.165) is 0 Å². The van der Waals surface area contributed by atoms with Crippen molar-refractivity contribution in [1.82, 2.24) is 10.6 Å². The third-order valence-corrected chi connectivity index (χ3v) is 2.00. The van der Waals surface area contributed by atoms with E-state index in [1.807, 2.05) is 13.0 Å². The van der Waals surface area contributed by atoms with Gasteiger partial charge < -0.3 is 10.6 Å². The van der Waals surface area contributed by atoms with Gasteiger partial charge in [-0.2, -0.15) is 0 Å². The summed E-state index contributed by atoms with van der Waals surface area (Å²) in [5.74, 6) is -0.437. The molecule has 0 heterocycles. The van der Waals surface area contributed by atoms with Gasteiger partial charge >= 0.3 is 0 Å². The number of hydrogen-bond acceptors (Lipinski definition) is 2. The molecule has 1 aliphatic carbocycles. The summed E-state index contributed by atoms with van der Waals surface area (Å²) >= 11 is 0. The van der Waals surface area contributed by atoms with Gasteiger partial charge in [0.05, 0.1) is 7.85 Å². The summed E-state index contributed by atoms with van der Waals surface area (Å²) in [7, 11) is 5.17. The van der Waals surface area contributed by atoms with Gasteiger partial charge in [-0.3, -0.25) is 9.59 Å². The first kappa shape index (κ1) is 11.6. The van der Waals surface area contributed by atoms with Crippen molar-refractivity contribution >= 4 is 19.7 Å². The largest absolute Gasteiger partial charge is 0.353 e. The summed E-state index contributed by atoms with van der Waals surface area (Å²) in [5.41, 5.74) is 1.13. The molecule has 0 atom stereocenters. The first-order valence-corrected chi connectivity index (χ1v) is 4.86. The predicted octanol–water partition coefficient (Wildman–Crippen LogP) is 0.0395. The number of hydrogen-bond donors (Lipinski definition) is 2. The Morgan fingerprint density at radius 2 is 2.27 bits per heavy atom. The lowest BCUT2D eigenvalue weighted by Gasteiger charge is -2.08. The van der Waals surface area contributed by atoms with Crippen LogP contribution in [0.5, 0.6) is 0 Å². The molecule has 1 rings (SSSR count). The summed E-state index contributed by atoms with van der Waals surface area (Å²) in [6, 6.07) is 0. The molecule has 78 valence electrons. The first-order valence-electron chi connectivity index (χ1n) is 4.86. The quantitative estimate of drug-likeness (QED) is 0.635. The second kappa shape index (κ2) is 5.39. The van der Waals surface area contributed by atoms with Crippen LogP contribution in [0.15, 0.2) is 23.4 Å². The second-order valence-electron chi connectivity index (χ2n) is 3.11. The van der Waals surface area contributed by atoms with Crippen LogP contribution in [0.2, 0.25) is 6.32 Å². The van der Waals surface area contributed by atoms with Gasteiger partial charge in [0.25, 0.3) is 0 Å². The minimum atomic E-state index is -0.293. The number of amides is 2. The maximum atomic E-state index is 11.5. The van der Waals surface area contributed by atoms with Crippen molar-refractivity contribution < 1.29 is 9.59 Å². The van der Waals surface area contributed by atoms with Crippen molar-refractivity contribution in [1.29, 1.82) is 0 Å². The smallest absolute Gasteiger partial charge is 0.249 e. The van der Waals surface area contributed by atoms with Crippen LogP contribution in [0.25, 0.3) is 0 Å². The van der Waals surface area contributed by atoms with Crippen molar-refractivity contribution in [2.75, 3.05) is 6.54 Å². The lowest BCUT2D eigenvalue weighted by atomic mass is 10.0. The van der Waals surface area contributed by atoms with Crippen LogP contribution in [-0.2, 0) is 9.59 Å². The van der Waals surface area contributed by atoms with Gasteiger partial charge in [0.15, 0.2) is 0 Å². The molecule has 2 radical (unpaired) electrons. The second-order valence-corrected chi connectivity index (χ2v) is 3.11. The van der Waals surface area contributed by atoms with Crippen molar-refractivity contribution in [2.24, 2.45) is 0 Å². The molecule has 0 aromatic rings. The number of carbonyl (C=O) groups excluding carboxylic acids is 2. The van der Waals surface area contributed by atoms with E-state index in [2.05, 4.69) is 10.6 Å². The third-order valence-electron chi connectivity index (χ3n) is 2.00. The fourth-order valence-corrected chi connectivity index (χ4v) is 1.31. The lowest BCUT2D eigenvalue weighted by Crippen LogP contribution is -2.28. The van der Waals surface area contributed by atoms with E-state index in [0.29, 0.717) is 24.2 Å². The fraction of sp³-hybridized carbons (Fsp3) is 0.400. The topological polar surface area (TPSA) is 58.2 Å². The van der Waals surface area contributed by atoms with Gasteiger partial charge in [0.1, 0.15) is 0 Å². The van der Waals surface area contributed by atoms with E-state index >= 15 is 0 Å². The number of rotatable bonds is 4. The average Bonchev–Trinajstić information content (AvgIpc) is 2.66. The molecule has 4 nitrogen and oxygen atoms in total. The minimum absolute atomic E-state index is 0.0833. The van der Waals surface area contributed by atoms with Gasteiger partial charge in [-0.25, -0.2) is 0 Å². The maximum absolute atomic E-state index is 11.5. The number of likely N-dealkylation sites (N-methyl/N-ethyl adjacent to an activating group) is 1. The highest BCUT2D eigenvalue weighted by Gasteiger charge is 2.17. The Balaban J connectivity index is 2.72. The molecule has 0 fully saturated rings. The molecule has 5 heteroatoms. The van der Waals surface area contributed by atoms with E-state index in [4.69, 9.17) is 7.85 Å². The zero-order valence-electron chi connectivity index (χ0n) is 8.67. The van der Waals surface area contributed by atoms with Gasteiger partial charge in [0, 0.05) is 17.8 Å². The molecule has 1 aliphatic rings. The summed E-state index contributed by atoms with van der Waals surface area (Å²) < 4.78 is 0.